The van der Waals surface area contributed by atoms with Gasteiger partial charge in [0.15, 0.2) is 5.96 Å². The first kappa shape index (κ1) is 20.5. The first-order valence-corrected chi connectivity index (χ1v) is 8.53. The molecule has 1 aliphatic heterocycles. The highest BCUT2D eigenvalue weighted by molar-refractivity contribution is 14.0. The standard InChI is InChI=1S/C16H25BrN4O.HI/c1-3-21-8-4-5-13(21)11-20-16(18)19-10-12-6-7-15(22-2)14(17)9-12;/h6-7,9,13H,3-5,8,10-11H2,1-2H3,(H3,18,19,20);1H. The quantitative estimate of drug-likeness (QED) is 0.361. The molecule has 0 saturated carbocycles. The van der Waals surface area contributed by atoms with Crippen LogP contribution in [0.3, 0.4) is 0 Å². The molecule has 1 unspecified atom stereocenters. The minimum absolute atomic E-state index is 0. The van der Waals surface area contributed by atoms with Crippen molar-refractivity contribution in [2.24, 2.45) is 10.7 Å². The molecule has 1 atom stereocenters. The van der Waals surface area contributed by atoms with Crippen LogP contribution in [0.4, 0.5) is 0 Å². The Morgan fingerprint density at radius 3 is 2.96 bits per heavy atom. The molecule has 0 bridgehead atoms. The first-order valence-electron chi connectivity index (χ1n) is 7.74. The average molecular weight is 497 g/mol. The van der Waals surface area contributed by atoms with Crippen LogP contribution < -0.4 is 15.8 Å². The second-order valence-corrected chi connectivity index (χ2v) is 6.33. The van der Waals surface area contributed by atoms with Crippen molar-refractivity contribution < 1.29 is 4.74 Å². The van der Waals surface area contributed by atoms with E-state index in [4.69, 9.17) is 10.5 Å². The number of hydrogen-bond donors (Lipinski definition) is 2. The number of likely N-dealkylation sites (N-methyl/N-ethyl adjacent to an activating group) is 1. The lowest BCUT2D eigenvalue weighted by atomic mass is 10.2. The maximum atomic E-state index is 5.96. The van der Waals surface area contributed by atoms with Crippen LogP contribution in [-0.2, 0) is 6.54 Å². The fourth-order valence-electron chi connectivity index (χ4n) is 2.81. The van der Waals surface area contributed by atoms with E-state index in [1.807, 2.05) is 18.2 Å². The number of hydrogen-bond acceptors (Lipinski definition) is 3. The predicted octanol–water partition coefficient (Wildman–Crippen LogP) is 2.96. The Balaban J connectivity index is 0.00000264. The second kappa shape index (κ2) is 10.4. The van der Waals surface area contributed by atoms with E-state index in [0.29, 0.717) is 18.5 Å². The third-order valence-electron chi connectivity index (χ3n) is 4.07. The van der Waals surface area contributed by atoms with Gasteiger partial charge in [0, 0.05) is 12.6 Å². The van der Waals surface area contributed by atoms with E-state index < -0.39 is 0 Å². The molecule has 3 N–H and O–H groups in total. The molecule has 0 aliphatic carbocycles. The van der Waals surface area contributed by atoms with Gasteiger partial charge >= 0.3 is 0 Å². The summed E-state index contributed by atoms with van der Waals surface area (Å²) in [5.41, 5.74) is 7.06. The monoisotopic (exact) mass is 496 g/mol. The number of likely N-dealkylation sites (tertiary alicyclic amines) is 1. The first-order chi connectivity index (χ1) is 10.6. The van der Waals surface area contributed by atoms with Crippen molar-refractivity contribution in [1.82, 2.24) is 10.2 Å². The molecule has 0 amide bonds. The van der Waals surface area contributed by atoms with Gasteiger partial charge < -0.3 is 15.8 Å². The lowest BCUT2D eigenvalue weighted by molar-refractivity contribution is 0.267. The summed E-state index contributed by atoms with van der Waals surface area (Å²) >= 11 is 3.48. The Labute approximate surface area is 164 Å². The lowest BCUT2D eigenvalue weighted by Crippen LogP contribution is -2.42. The van der Waals surface area contributed by atoms with Gasteiger partial charge in [-0.2, -0.15) is 0 Å². The molecule has 0 spiro atoms. The summed E-state index contributed by atoms with van der Waals surface area (Å²) in [4.78, 5) is 6.89. The highest BCUT2D eigenvalue weighted by Gasteiger charge is 2.22. The van der Waals surface area contributed by atoms with Crippen LogP contribution in [0, 0.1) is 0 Å². The van der Waals surface area contributed by atoms with Crippen LogP contribution in [0.15, 0.2) is 27.7 Å². The summed E-state index contributed by atoms with van der Waals surface area (Å²) in [5.74, 6) is 1.33. The molecule has 130 valence electrons. The summed E-state index contributed by atoms with van der Waals surface area (Å²) in [5, 5.41) is 3.25. The Morgan fingerprint density at radius 2 is 2.30 bits per heavy atom. The Morgan fingerprint density at radius 1 is 1.52 bits per heavy atom. The molecule has 1 saturated heterocycles. The third-order valence-corrected chi connectivity index (χ3v) is 4.69. The average Bonchev–Trinajstić information content (AvgIpc) is 2.98. The van der Waals surface area contributed by atoms with Crippen LogP contribution in [0.1, 0.15) is 25.3 Å². The predicted molar refractivity (Wildman–Crippen MR) is 110 cm³/mol. The van der Waals surface area contributed by atoms with Gasteiger partial charge in [-0.15, -0.1) is 24.0 Å². The number of guanidine groups is 1. The van der Waals surface area contributed by atoms with Gasteiger partial charge in [-0.25, -0.2) is 4.99 Å². The maximum Gasteiger partial charge on any atom is 0.188 e. The van der Waals surface area contributed by atoms with Crippen molar-refractivity contribution in [2.45, 2.75) is 32.4 Å². The SMILES string of the molecule is CCN1CCCC1CNC(N)=NCc1ccc(OC)c(Br)c1.I. The van der Waals surface area contributed by atoms with Crippen molar-refractivity contribution in [1.29, 1.82) is 0 Å². The van der Waals surface area contributed by atoms with E-state index in [0.717, 1.165) is 28.9 Å². The highest BCUT2D eigenvalue weighted by atomic mass is 127. The van der Waals surface area contributed by atoms with E-state index in [1.54, 1.807) is 7.11 Å². The van der Waals surface area contributed by atoms with Crippen molar-refractivity contribution in [3.63, 3.8) is 0 Å². The van der Waals surface area contributed by atoms with Crippen LogP contribution in [-0.4, -0.2) is 43.6 Å². The zero-order valence-corrected chi connectivity index (χ0v) is 17.6. The van der Waals surface area contributed by atoms with Crippen molar-refractivity contribution in [2.75, 3.05) is 26.7 Å². The number of nitrogens with zero attached hydrogens (tertiary/aromatic N) is 2. The highest BCUT2D eigenvalue weighted by Crippen LogP contribution is 2.25. The minimum Gasteiger partial charge on any atom is -0.496 e. The summed E-state index contributed by atoms with van der Waals surface area (Å²) in [6.07, 6.45) is 2.51. The summed E-state index contributed by atoms with van der Waals surface area (Å²) < 4.78 is 6.15. The summed E-state index contributed by atoms with van der Waals surface area (Å²) in [7, 11) is 1.66. The van der Waals surface area contributed by atoms with Gasteiger partial charge in [-0.3, -0.25) is 4.90 Å². The minimum atomic E-state index is 0. The Hall–Kier alpha value is -0.540. The summed E-state index contributed by atoms with van der Waals surface area (Å²) in [6.45, 7) is 5.93. The van der Waals surface area contributed by atoms with Gasteiger partial charge in [-0.05, 0) is 59.6 Å². The molecular formula is C16H26BrIN4O. The van der Waals surface area contributed by atoms with Gasteiger partial charge in [0.05, 0.1) is 18.1 Å². The molecule has 7 heteroatoms. The number of halogens is 2. The van der Waals surface area contributed by atoms with Gasteiger partial charge in [0.1, 0.15) is 5.75 Å². The third kappa shape index (κ3) is 6.11. The topological polar surface area (TPSA) is 62.9 Å². The zero-order valence-electron chi connectivity index (χ0n) is 13.7. The molecular weight excluding hydrogens is 471 g/mol. The number of ether oxygens (including phenoxy) is 1. The van der Waals surface area contributed by atoms with Gasteiger partial charge in [0.25, 0.3) is 0 Å². The van der Waals surface area contributed by atoms with Crippen LogP contribution in [0.5, 0.6) is 5.75 Å². The van der Waals surface area contributed by atoms with Gasteiger partial charge in [-0.1, -0.05) is 13.0 Å². The molecule has 1 heterocycles. The summed E-state index contributed by atoms with van der Waals surface area (Å²) in [6, 6.07) is 6.51. The van der Waals surface area contributed by atoms with E-state index in [9.17, 15) is 0 Å². The smallest absolute Gasteiger partial charge is 0.188 e. The molecule has 1 aromatic rings. The second-order valence-electron chi connectivity index (χ2n) is 5.48. The van der Waals surface area contributed by atoms with E-state index in [2.05, 4.69) is 38.1 Å². The Bertz CT molecular complexity index is 527. The molecule has 0 aromatic heterocycles. The number of rotatable bonds is 6. The van der Waals surface area contributed by atoms with Crippen LogP contribution in [0.25, 0.3) is 0 Å². The van der Waals surface area contributed by atoms with E-state index in [-0.39, 0.29) is 24.0 Å². The zero-order chi connectivity index (χ0) is 15.9. The molecule has 0 radical (unpaired) electrons. The number of methoxy groups -OCH3 is 1. The fourth-order valence-corrected chi connectivity index (χ4v) is 3.39. The van der Waals surface area contributed by atoms with Gasteiger partial charge in [0.2, 0.25) is 0 Å². The van der Waals surface area contributed by atoms with Crippen molar-refractivity contribution in [3.8, 4) is 5.75 Å². The Kier molecular flexibility index (Phi) is 9.23. The normalized spacial score (nSPS) is 18.6. The van der Waals surface area contributed by atoms with Crippen molar-refractivity contribution in [3.05, 3.63) is 28.2 Å². The molecule has 2 rings (SSSR count). The molecule has 1 aromatic carbocycles. The fraction of sp³-hybridized carbons (Fsp3) is 0.562. The lowest BCUT2D eigenvalue weighted by Gasteiger charge is -2.23. The maximum absolute atomic E-state index is 5.96. The van der Waals surface area contributed by atoms with Crippen LogP contribution in [0.2, 0.25) is 0 Å². The number of nitrogens with one attached hydrogen (secondary N) is 1. The number of aliphatic imine (C=N–C) groups is 1. The van der Waals surface area contributed by atoms with E-state index in [1.165, 1.54) is 19.4 Å². The van der Waals surface area contributed by atoms with Crippen molar-refractivity contribution >= 4 is 45.9 Å². The molecule has 1 fully saturated rings. The number of nitrogens with two attached hydrogens (primary N) is 1. The molecule has 1 aliphatic rings. The largest absolute Gasteiger partial charge is 0.496 e. The number of benzene rings is 1. The molecule has 5 nitrogen and oxygen atoms in total. The van der Waals surface area contributed by atoms with E-state index >= 15 is 0 Å². The van der Waals surface area contributed by atoms with Crippen LogP contribution >= 0.6 is 39.9 Å². The molecule has 23 heavy (non-hydrogen) atoms.